The van der Waals surface area contributed by atoms with E-state index in [0.717, 1.165) is 70.6 Å². The highest BCUT2D eigenvalue weighted by Crippen LogP contribution is 2.16. The third kappa shape index (κ3) is 45.6. The van der Waals surface area contributed by atoms with Crippen LogP contribution in [0.25, 0.3) is 0 Å². The fraction of sp³-hybridized carbons (Fsp3) is 0.852. The van der Waals surface area contributed by atoms with Crippen molar-refractivity contribution in [3.8, 4) is 0 Å². The number of carbonyl (C=O) groups excluding carboxylic acids is 2. The number of carbonyl (C=O) groups is 2. The van der Waals surface area contributed by atoms with E-state index >= 15 is 0 Å². The van der Waals surface area contributed by atoms with Crippen LogP contribution in [-0.4, -0.2) is 47.4 Å². The van der Waals surface area contributed by atoms with Gasteiger partial charge in [-0.25, -0.2) is 0 Å². The number of hydrogen-bond donors (Lipinski definition) is 3. The molecule has 0 saturated heterocycles. The normalized spacial score (nSPS) is 12.9. The van der Waals surface area contributed by atoms with E-state index in [1.807, 2.05) is 6.08 Å². The highest BCUT2D eigenvalue weighted by molar-refractivity contribution is 5.76. The zero-order valence-corrected chi connectivity index (χ0v) is 39.9. The number of amides is 1. The van der Waals surface area contributed by atoms with Crippen molar-refractivity contribution < 1.29 is 24.5 Å². The van der Waals surface area contributed by atoms with Crippen LogP contribution in [0.5, 0.6) is 0 Å². The van der Waals surface area contributed by atoms with Crippen molar-refractivity contribution in [3.63, 3.8) is 0 Å². The molecule has 3 N–H and O–H groups in total. The predicted molar refractivity (Wildman–Crippen MR) is 259 cm³/mol. The summed E-state index contributed by atoms with van der Waals surface area (Å²) in [6.07, 6.45) is 60.1. The largest absolute Gasteiger partial charge is 0.466 e. The van der Waals surface area contributed by atoms with E-state index in [1.165, 1.54) is 173 Å². The molecule has 0 saturated carbocycles. The molecule has 0 aromatic carbocycles. The van der Waals surface area contributed by atoms with Gasteiger partial charge in [0.25, 0.3) is 0 Å². The van der Waals surface area contributed by atoms with Crippen LogP contribution < -0.4 is 5.32 Å². The van der Waals surface area contributed by atoms with Gasteiger partial charge in [-0.2, -0.15) is 0 Å². The fourth-order valence-electron chi connectivity index (χ4n) is 7.81. The van der Waals surface area contributed by atoms with Crippen LogP contribution in [-0.2, 0) is 14.3 Å². The summed E-state index contributed by atoms with van der Waals surface area (Å²) in [5, 5.41) is 23.1. The standard InChI is InChI=1S/C54H101NO5/c1-3-5-7-9-11-13-15-17-19-20-21-22-23-24-25-27-30-34-38-42-46-52(57)51(50-56)55-53(58)47-43-39-35-31-29-33-37-41-45-49-60-54(59)48-44-40-36-32-28-26-18-16-14-12-10-8-6-4-2/h16,18,31,35,42,46,51-52,56-57H,3-15,17,19-30,32-34,36-41,43-45,47-50H2,1-2H3,(H,55,58)/b18-16-,35-31-,46-42+. The SMILES string of the molecule is CCCCCCC/C=C\CCCCCCCC(=O)OCCCCCC/C=C\CCCC(=O)NC(CO)C(O)/C=C/CCCCCCCCCCCCCCCCCCCC. The first-order valence-corrected chi connectivity index (χ1v) is 26.3. The van der Waals surface area contributed by atoms with E-state index in [1.54, 1.807) is 6.08 Å². The lowest BCUT2D eigenvalue weighted by Crippen LogP contribution is -2.45. The molecule has 1 amide bonds. The van der Waals surface area contributed by atoms with Crippen LogP contribution in [0.1, 0.15) is 271 Å². The average molecular weight is 844 g/mol. The molecule has 0 aromatic rings. The number of aliphatic hydroxyl groups is 2. The average Bonchev–Trinajstić information content (AvgIpc) is 3.25. The Hall–Kier alpha value is -1.92. The summed E-state index contributed by atoms with van der Waals surface area (Å²) >= 11 is 0. The van der Waals surface area contributed by atoms with Gasteiger partial charge in [0.05, 0.1) is 25.4 Å². The van der Waals surface area contributed by atoms with Gasteiger partial charge in [-0.15, -0.1) is 0 Å². The first-order chi connectivity index (χ1) is 29.5. The van der Waals surface area contributed by atoms with Gasteiger partial charge >= 0.3 is 5.97 Å². The summed E-state index contributed by atoms with van der Waals surface area (Å²) in [6.45, 7) is 4.80. The van der Waals surface area contributed by atoms with Gasteiger partial charge in [-0.3, -0.25) is 9.59 Å². The number of allylic oxidation sites excluding steroid dienone is 5. The van der Waals surface area contributed by atoms with Crippen molar-refractivity contribution in [1.29, 1.82) is 0 Å². The number of ether oxygens (including phenoxy) is 1. The smallest absolute Gasteiger partial charge is 0.305 e. The zero-order chi connectivity index (χ0) is 43.7. The maximum absolute atomic E-state index is 12.4. The predicted octanol–water partition coefficient (Wildman–Crippen LogP) is 15.7. The molecule has 60 heavy (non-hydrogen) atoms. The van der Waals surface area contributed by atoms with Gasteiger partial charge in [0, 0.05) is 12.8 Å². The molecule has 2 atom stereocenters. The van der Waals surface area contributed by atoms with E-state index in [9.17, 15) is 19.8 Å². The van der Waals surface area contributed by atoms with Gasteiger partial charge in [-0.1, -0.05) is 217 Å². The first-order valence-electron chi connectivity index (χ1n) is 26.3. The van der Waals surface area contributed by atoms with Gasteiger partial charge in [0.15, 0.2) is 0 Å². The van der Waals surface area contributed by atoms with Crippen molar-refractivity contribution >= 4 is 11.9 Å². The Balaban J connectivity index is 3.59. The summed E-state index contributed by atoms with van der Waals surface area (Å²) in [7, 11) is 0. The molecule has 6 nitrogen and oxygen atoms in total. The van der Waals surface area contributed by atoms with Crippen LogP contribution >= 0.6 is 0 Å². The third-order valence-corrected chi connectivity index (χ3v) is 11.9. The highest BCUT2D eigenvalue weighted by Gasteiger charge is 2.17. The minimum absolute atomic E-state index is 0.0467. The molecular formula is C54H101NO5. The van der Waals surface area contributed by atoms with Crippen LogP contribution in [0.4, 0.5) is 0 Å². The molecule has 2 unspecified atom stereocenters. The Labute approximate surface area is 373 Å². The molecule has 0 aliphatic rings. The molecular weight excluding hydrogens is 743 g/mol. The molecule has 0 rings (SSSR count). The van der Waals surface area contributed by atoms with Crippen LogP contribution in [0.15, 0.2) is 36.5 Å². The number of aliphatic hydroxyl groups excluding tert-OH is 2. The Morgan fingerprint density at radius 3 is 1.22 bits per heavy atom. The van der Waals surface area contributed by atoms with E-state index in [0.29, 0.717) is 19.4 Å². The van der Waals surface area contributed by atoms with Gasteiger partial charge in [0.2, 0.25) is 5.91 Å². The fourth-order valence-corrected chi connectivity index (χ4v) is 7.81. The van der Waals surface area contributed by atoms with Gasteiger partial charge < -0.3 is 20.3 Å². The maximum atomic E-state index is 12.4. The van der Waals surface area contributed by atoms with Gasteiger partial charge in [0.1, 0.15) is 0 Å². The lowest BCUT2D eigenvalue weighted by molar-refractivity contribution is -0.143. The maximum Gasteiger partial charge on any atom is 0.305 e. The molecule has 352 valence electrons. The monoisotopic (exact) mass is 844 g/mol. The quantitative estimate of drug-likeness (QED) is 0.0322. The molecule has 0 heterocycles. The third-order valence-electron chi connectivity index (χ3n) is 11.9. The first kappa shape index (κ1) is 58.1. The minimum atomic E-state index is -0.876. The zero-order valence-electron chi connectivity index (χ0n) is 39.9. The van der Waals surface area contributed by atoms with Gasteiger partial charge in [-0.05, 0) is 77.0 Å². The molecule has 0 fully saturated rings. The number of esters is 1. The molecule has 0 aromatic heterocycles. The molecule has 0 aliphatic heterocycles. The number of nitrogens with one attached hydrogen (secondary N) is 1. The lowest BCUT2D eigenvalue weighted by Gasteiger charge is -2.19. The molecule has 0 bridgehead atoms. The topological polar surface area (TPSA) is 95.9 Å². The van der Waals surface area contributed by atoms with E-state index in [4.69, 9.17) is 4.74 Å². The second-order valence-corrected chi connectivity index (χ2v) is 17.8. The second kappa shape index (κ2) is 49.7. The van der Waals surface area contributed by atoms with Crippen molar-refractivity contribution in [2.75, 3.05) is 13.2 Å². The molecule has 0 aliphatic carbocycles. The van der Waals surface area contributed by atoms with Crippen molar-refractivity contribution in [3.05, 3.63) is 36.5 Å². The number of unbranched alkanes of at least 4 members (excludes halogenated alkanes) is 33. The number of rotatable bonds is 48. The van der Waals surface area contributed by atoms with Crippen molar-refractivity contribution in [1.82, 2.24) is 5.32 Å². The Kier molecular flexibility index (Phi) is 48.1. The summed E-state index contributed by atoms with van der Waals surface area (Å²) in [4.78, 5) is 24.4. The Morgan fingerprint density at radius 2 is 0.800 bits per heavy atom. The van der Waals surface area contributed by atoms with Crippen LogP contribution in [0, 0.1) is 0 Å². The number of hydrogen-bond acceptors (Lipinski definition) is 5. The lowest BCUT2D eigenvalue weighted by atomic mass is 10.0. The molecule has 0 spiro atoms. The Morgan fingerprint density at radius 1 is 0.450 bits per heavy atom. The highest BCUT2D eigenvalue weighted by atomic mass is 16.5. The summed E-state index contributed by atoms with van der Waals surface area (Å²) < 4.78 is 5.43. The minimum Gasteiger partial charge on any atom is -0.466 e. The van der Waals surface area contributed by atoms with Crippen molar-refractivity contribution in [2.24, 2.45) is 0 Å². The van der Waals surface area contributed by atoms with E-state index < -0.39 is 12.1 Å². The van der Waals surface area contributed by atoms with Crippen molar-refractivity contribution in [2.45, 2.75) is 283 Å². The molecule has 6 heteroatoms. The summed E-state index contributed by atoms with van der Waals surface area (Å²) in [6, 6.07) is -0.666. The van der Waals surface area contributed by atoms with Crippen LogP contribution in [0.2, 0.25) is 0 Å². The van der Waals surface area contributed by atoms with Crippen LogP contribution in [0.3, 0.4) is 0 Å². The van der Waals surface area contributed by atoms with E-state index in [-0.39, 0.29) is 18.5 Å². The molecule has 0 radical (unpaired) electrons. The van der Waals surface area contributed by atoms with E-state index in [2.05, 4.69) is 43.5 Å². The summed E-state index contributed by atoms with van der Waals surface area (Å²) in [5.41, 5.74) is 0. The summed E-state index contributed by atoms with van der Waals surface area (Å²) in [5.74, 6) is -0.175. The Bertz CT molecular complexity index is 977. The second-order valence-electron chi connectivity index (χ2n) is 17.8.